The molecule has 4 rings (SSSR count). The van der Waals surface area contributed by atoms with Gasteiger partial charge in [-0.05, 0) is 35.2 Å². The molecular weight excluding hydrogens is 390 g/mol. The van der Waals surface area contributed by atoms with Crippen molar-refractivity contribution >= 4 is 0 Å². The Morgan fingerprint density at radius 2 is 1.71 bits per heavy atom. The summed E-state index contributed by atoms with van der Waals surface area (Å²) in [6.45, 7) is 8.72. The van der Waals surface area contributed by atoms with E-state index >= 15 is 0 Å². The lowest BCUT2D eigenvalue weighted by molar-refractivity contribution is 0.455. The Balaban J connectivity index is 1.66. The van der Waals surface area contributed by atoms with E-state index < -0.39 is 0 Å². The van der Waals surface area contributed by atoms with Gasteiger partial charge in [-0.1, -0.05) is 69.3 Å². The molecule has 2 aromatic carbocycles. The number of benzene rings is 2. The van der Waals surface area contributed by atoms with Crippen molar-refractivity contribution in [3.8, 4) is 22.5 Å². The van der Waals surface area contributed by atoms with Crippen LogP contribution >= 0.6 is 0 Å². The Morgan fingerprint density at radius 3 is 2.32 bits per heavy atom. The van der Waals surface area contributed by atoms with Crippen molar-refractivity contribution in [3.63, 3.8) is 0 Å². The molecule has 1 N–H and O–H groups in total. The monoisotopic (exact) mass is 417 g/mol. The predicted octanol–water partition coefficient (Wildman–Crippen LogP) is 4.03. The number of H-pyrrole nitrogens is 1. The van der Waals surface area contributed by atoms with Crippen LogP contribution < -0.4 is 5.69 Å². The number of rotatable bonds is 7. The van der Waals surface area contributed by atoms with E-state index in [2.05, 4.69) is 70.8 Å². The zero-order valence-electron chi connectivity index (χ0n) is 18.3. The van der Waals surface area contributed by atoms with E-state index in [0.29, 0.717) is 12.4 Å². The van der Waals surface area contributed by atoms with E-state index in [1.165, 1.54) is 0 Å². The van der Waals surface area contributed by atoms with Crippen LogP contribution in [0.4, 0.5) is 0 Å². The molecule has 8 nitrogen and oxygen atoms in total. The lowest BCUT2D eigenvalue weighted by Crippen LogP contribution is -2.27. The van der Waals surface area contributed by atoms with Crippen molar-refractivity contribution in [1.29, 1.82) is 0 Å². The lowest BCUT2D eigenvalue weighted by atomic mass is 9.98. The molecule has 0 amide bonds. The first-order chi connectivity index (χ1) is 15.0. The highest BCUT2D eigenvalue weighted by atomic mass is 16.2. The second-order valence-corrected chi connectivity index (χ2v) is 8.06. The van der Waals surface area contributed by atoms with E-state index in [1.807, 2.05) is 31.2 Å². The Bertz CT molecular complexity index is 1200. The fourth-order valence-corrected chi connectivity index (χ4v) is 3.64. The van der Waals surface area contributed by atoms with Crippen molar-refractivity contribution in [2.45, 2.75) is 52.6 Å². The Morgan fingerprint density at radius 1 is 1.00 bits per heavy atom. The maximum atomic E-state index is 13.0. The summed E-state index contributed by atoms with van der Waals surface area (Å²) >= 11 is 0. The van der Waals surface area contributed by atoms with E-state index in [0.717, 1.165) is 34.5 Å². The highest BCUT2D eigenvalue weighted by Crippen LogP contribution is 2.29. The van der Waals surface area contributed by atoms with Crippen LogP contribution in [0.5, 0.6) is 0 Å². The van der Waals surface area contributed by atoms with E-state index in [4.69, 9.17) is 0 Å². The normalized spacial score (nSPS) is 12.4. The quantitative estimate of drug-likeness (QED) is 0.490. The number of hydrogen-bond acceptors (Lipinski definition) is 5. The number of aromatic nitrogens is 7. The van der Waals surface area contributed by atoms with Crippen LogP contribution in [-0.4, -0.2) is 35.0 Å². The largest absolute Gasteiger partial charge is 0.346 e. The molecule has 0 spiro atoms. The van der Waals surface area contributed by atoms with Crippen LogP contribution in [0.1, 0.15) is 57.5 Å². The predicted molar refractivity (Wildman–Crippen MR) is 120 cm³/mol. The van der Waals surface area contributed by atoms with Gasteiger partial charge in [-0.25, -0.2) is 9.48 Å². The van der Waals surface area contributed by atoms with Gasteiger partial charge >= 0.3 is 5.69 Å². The summed E-state index contributed by atoms with van der Waals surface area (Å²) in [7, 11) is 0. The summed E-state index contributed by atoms with van der Waals surface area (Å²) in [5, 5.41) is 19.0. The van der Waals surface area contributed by atoms with E-state index in [9.17, 15) is 4.79 Å². The molecule has 0 aliphatic carbocycles. The summed E-state index contributed by atoms with van der Waals surface area (Å²) in [5.74, 6) is 1.54. The number of hydrogen-bond donors (Lipinski definition) is 1. The van der Waals surface area contributed by atoms with Gasteiger partial charge in [0.15, 0.2) is 0 Å². The Labute approximate surface area is 180 Å². The average Bonchev–Trinajstić information content (AvgIpc) is 3.43. The van der Waals surface area contributed by atoms with Crippen molar-refractivity contribution in [2.75, 3.05) is 0 Å². The summed E-state index contributed by atoms with van der Waals surface area (Å²) in [6.07, 6.45) is 0.864. The maximum Gasteiger partial charge on any atom is 0.346 e. The molecule has 2 aromatic heterocycles. The highest BCUT2D eigenvalue weighted by Gasteiger charge is 2.19. The molecule has 31 heavy (non-hydrogen) atoms. The molecule has 1 atom stereocenters. The molecule has 0 bridgehead atoms. The zero-order valence-corrected chi connectivity index (χ0v) is 18.3. The first-order valence-corrected chi connectivity index (χ1v) is 10.6. The van der Waals surface area contributed by atoms with Gasteiger partial charge in [0, 0.05) is 11.5 Å². The summed E-state index contributed by atoms with van der Waals surface area (Å²) in [5.41, 5.74) is 3.99. The summed E-state index contributed by atoms with van der Waals surface area (Å²) in [4.78, 5) is 13.0. The first kappa shape index (κ1) is 20.7. The van der Waals surface area contributed by atoms with Crippen LogP contribution in [0.15, 0.2) is 53.3 Å². The number of nitrogens with one attached hydrogen (secondary N) is 1. The van der Waals surface area contributed by atoms with Gasteiger partial charge in [0.2, 0.25) is 5.82 Å². The van der Waals surface area contributed by atoms with Gasteiger partial charge in [0.1, 0.15) is 5.82 Å². The van der Waals surface area contributed by atoms with Crippen LogP contribution in [0.3, 0.4) is 0 Å². The Hall–Kier alpha value is -3.55. The van der Waals surface area contributed by atoms with Crippen LogP contribution in [0, 0.1) is 0 Å². The third-order valence-electron chi connectivity index (χ3n) is 5.56. The number of tetrazole rings is 1. The Kier molecular flexibility index (Phi) is 5.79. The van der Waals surface area contributed by atoms with Gasteiger partial charge in [-0.2, -0.15) is 10.3 Å². The smallest absolute Gasteiger partial charge is 0.274 e. The second-order valence-electron chi connectivity index (χ2n) is 8.06. The molecule has 4 aromatic rings. The average molecular weight is 418 g/mol. The van der Waals surface area contributed by atoms with Crippen molar-refractivity contribution in [1.82, 2.24) is 35.0 Å². The molecule has 0 aliphatic rings. The van der Waals surface area contributed by atoms with E-state index in [1.54, 1.807) is 9.25 Å². The minimum atomic E-state index is -0.0513. The molecule has 2 heterocycles. The summed E-state index contributed by atoms with van der Waals surface area (Å²) in [6, 6.07) is 16.3. The molecule has 0 saturated heterocycles. The molecule has 0 aliphatic heterocycles. The zero-order chi connectivity index (χ0) is 22.0. The van der Waals surface area contributed by atoms with Gasteiger partial charge < -0.3 is 0 Å². The van der Waals surface area contributed by atoms with Crippen LogP contribution in [0.2, 0.25) is 0 Å². The SMILES string of the molecule is CCC(C)n1nc(C(C)C)n(Cc2ccc(-c3ccccc3-c3nn[nH]n3)cc2)c1=O. The molecule has 0 radical (unpaired) electrons. The minimum absolute atomic E-state index is 0.0513. The second kappa shape index (κ2) is 8.67. The molecule has 0 saturated carbocycles. The fraction of sp³-hybridized carbons (Fsp3) is 0.348. The fourth-order valence-electron chi connectivity index (χ4n) is 3.64. The minimum Gasteiger partial charge on any atom is -0.274 e. The van der Waals surface area contributed by atoms with Crippen LogP contribution in [-0.2, 0) is 6.54 Å². The lowest BCUT2D eigenvalue weighted by Gasteiger charge is -2.10. The van der Waals surface area contributed by atoms with Crippen molar-refractivity contribution in [3.05, 3.63) is 70.4 Å². The molecular formula is C23H27N7O. The third-order valence-corrected chi connectivity index (χ3v) is 5.56. The highest BCUT2D eigenvalue weighted by molar-refractivity contribution is 5.80. The van der Waals surface area contributed by atoms with Gasteiger partial charge in [0.05, 0.1) is 12.6 Å². The van der Waals surface area contributed by atoms with Gasteiger partial charge in [-0.15, -0.1) is 10.2 Å². The standard InChI is InChI=1S/C23H27N7O/c1-5-16(4)30-23(31)29(22(26-30)15(2)3)14-17-10-12-18(13-11-17)19-8-6-7-9-20(19)21-24-27-28-25-21/h6-13,15-16H,5,14H2,1-4H3,(H,24,25,27,28). The first-order valence-electron chi connectivity index (χ1n) is 10.6. The number of nitrogens with zero attached hydrogens (tertiary/aromatic N) is 6. The molecule has 1 unspecified atom stereocenters. The van der Waals surface area contributed by atoms with Crippen molar-refractivity contribution < 1.29 is 0 Å². The topological polar surface area (TPSA) is 94.3 Å². The van der Waals surface area contributed by atoms with E-state index in [-0.39, 0.29) is 17.6 Å². The molecule has 8 heteroatoms. The third kappa shape index (κ3) is 4.05. The van der Waals surface area contributed by atoms with Gasteiger partial charge in [-0.3, -0.25) is 4.57 Å². The molecule has 160 valence electrons. The van der Waals surface area contributed by atoms with Gasteiger partial charge in [0.25, 0.3) is 0 Å². The summed E-state index contributed by atoms with van der Waals surface area (Å²) < 4.78 is 3.41. The van der Waals surface area contributed by atoms with Crippen LogP contribution in [0.25, 0.3) is 22.5 Å². The maximum absolute atomic E-state index is 13.0. The van der Waals surface area contributed by atoms with Crippen molar-refractivity contribution in [2.24, 2.45) is 0 Å². The molecule has 0 fully saturated rings. The number of aromatic amines is 1.